The van der Waals surface area contributed by atoms with Crippen molar-refractivity contribution < 1.29 is 9.53 Å². The fourth-order valence-corrected chi connectivity index (χ4v) is 4.80. The number of anilines is 1. The summed E-state index contributed by atoms with van der Waals surface area (Å²) in [6, 6.07) is 30.8. The van der Waals surface area contributed by atoms with Crippen molar-refractivity contribution in [1.29, 1.82) is 0 Å². The van der Waals surface area contributed by atoms with E-state index < -0.39 is 0 Å². The Labute approximate surface area is 197 Å². The van der Waals surface area contributed by atoms with Gasteiger partial charge >= 0.3 is 0 Å². The molecule has 1 fully saturated rings. The number of benzene rings is 3. The summed E-state index contributed by atoms with van der Waals surface area (Å²) in [5, 5.41) is 0. The van der Waals surface area contributed by atoms with E-state index in [1.165, 1.54) is 5.56 Å². The molecule has 1 aliphatic rings. The average Bonchev–Trinajstić information content (AvgIpc) is 2.86. The fourth-order valence-electron chi connectivity index (χ4n) is 4.80. The number of likely N-dealkylation sites (tertiary alicyclic amines) is 1. The zero-order valence-electron chi connectivity index (χ0n) is 19.5. The maximum absolute atomic E-state index is 13.8. The van der Waals surface area contributed by atoms with Crippen LogP contribution in [0.5, 0.6) is 0 Å². The Bertz CT molecular complexity index is 984. The minimum Gasteiger partial charge on any atom is -0.379 e. The Kier molecular flexibility index (Phi) is 7.92. The third-order valence-electron chi connectivity index (χ3n) is 6.55. The van der Waals surface area contributed by atoms with Crippen molar-refractivity contribution in [3.05, 3.63) is 102 Å². The lowest BCUT2D eigenvalue weighted by Gasteiger charge is -2.48. The van der Waals surface area contributed by atoms with Crippen LogP contribution in [-0.4, -0.2) is 42.6 Å². The summed E-state index contributed by atoms with van der Waals surface area (Å²) in [6.45, 7) is 6.03. The second-order valence-electron chi connectivity index (χ2n) is 8.85. The van der Waals surface area contributed by atoms with E-state index in [9.17, 15) is 4.79 Å². The van der Waals surface area contributed by atoms with Crippen molar-refractivity contribution in [1.82, 2.24) is 4.90 Å². The minimum absolute atomic E-state index is 0.128. The van der Waals surface area contributed by atoms with Crippen molar-refractivity contribution >= 4 is 11.6 Å². The van der Waals surface area contributed by atoms with E-state index >= 15 is 0 Å². The third-order valence-corrected chi connectivity index (χ3v) is 6.55. The molecule has 3 aromatic rings. The van der Waals surface area contributed by atoms with Gasteiger partial charge in [0.05, 0.1) is 18.6 Å². The van der Waals surface area contributed by atoms with Gasteiger partial charge in [-0.05, 0) is 43.0 Å². The number of hydrogen-bond acceptors (Lipinski definition) is 3. The van der Waals surface area contributed by atoms with Gasteiger partial charge in [-0.2, -0.15) is 0 Å². The lowest BCUT2D eigenvalue weighted by Crippen LogP contribution is -2.60. The molecule has 0 spiro atoms. The van der Waals surface area contributed by atoms with E-state index in [-0.39, 0.29) is 11.4 Å². The lowest BCUT2D eigenvalue weighted by atomic mass is 9.84. The molecule has 1 heterocycles. The summed E-state index contributed by atoms with van der Waals surface area (Å²) in [4.78, 5) is 18.4. The van der Waals surface area contributed by atoms with Gasteiger partial charge in [0.2, 0.25) is 5.91 Å². The van der Waals surface area contributed by atoms with Gasteiger partial charge in [-0.3, -0.25) is 9.69 Å². The van der Waals surface area contributed by atoms with Crippen LogP contribution in [0.1, 0.15) is 30.9 Å². The predicted molar refractivity (Wildman–Crippen MR) is 134 cm³/mol. The molecule has 3 aromatic carbocycles. The van der Waals surface area contributed by atoms with Gasteiger partial charge < -0.3 is 9.64 Å². The molecule has 0 bridgehead atoms. The first-order chi connectivity index (χ1) is 16.2. The second kappa shape index (κ2) is 11.3. The number of carbonyl (C=O) groups is 1. The van der Waals surface area contributed by atoms with Crippen LogP contribution in [0, 0.1) is 0 Å². The fraction of sp³-hybridized carbons (Fsp3) is 0.345. The van der Waals surface area contributed by atoms with Crippen LogP contribution in [0.15, 0.2) is 91.0 Å². The number of ether oxygens (including phenoxy) is 1. The zero-order chi connectivity index (χ0) is 22.9. The molecule has 4 heteroatoms. The van der Waals surface area contributed by atoms with Crippen LogP contribution >= 0.6 is 0 Å². The standard InChI is InChI=1S/C29H34N2O2/c1-2-33-24-29(18-20-30(21-19-29)23-26-14-8-4-9-15-26)31(27-16-10-5-11-17-27)28(32)22-25-12-6-3-7-13-25/h3-17H,2,18-24H2,1H3. The van der Waals surface area contributed by atoms with Crippen molar-refractivity contribution in [2.45, 2.75) is 38.3 Å². The molecule has 4 rings (SSSR count). The molecule has 172 valence electrons. The van der Waals surface area contributed by atoms with Crippen LogP contribution in [0.4, 0.5) is 5.69 Å². The average molecular weight is 443 g/mol. The normalized spacial score (nSPS) is 15.8. The first-order valence-corrected chi connectivity index (χ1v) is 12.0. The summed E-state index contributed by atoms with van der Waals surface area (Å²) >= 11 is 0. The SMILES string of the molecule is CCOCC1(N(C(=O)Cc2ccccc2)c2ccccc2)CCN(Cc2ccccc2)CC1. The van der Waals surface area contributed by atoms with E-state index in [4.69, 9.17) is 4.74 Å². The largest absolute Gasteiger partial charge is 0.379 e. The molecular formula is C29H34N2O2. The molecule has 0 aromatic heterocycles. The Balaban J connectivity index is 1.59. The highest BCUT2D eigenvalue weighted by atomic mass is 16.5. The minimum atomic E-state index is -0.351. The smallest absolute Gasteiger partial charge is 0.232 e. The molecule has 1 aliphatic heterocycles. The molecule has 0 aliphatic carbocycles. The topological polar surface area (TPSA) is 32.8 Å². The van der Waals surface area contributed by atoms with E-state index in [1.54, 1.807) is 0 Å². The van der Waals surface area contributed by atoms with E-state index in [0.717, 1.165) is 43.7 Å². The summed E-state index contributed by atoms with van der Waals surface area (Å²) < 4.78 is 6.02. The van der Waals surface area contributed by atoms with Crippen LogP contribution in [0.2, 0.25) is 0 Å². The molecule has 1 saturated heterocycles. The predicted octanol–water partition coefficient (Wildman–Crippen LogP) is 5.33. The van der Waals surface area contributed by atoms with E-state index in [0.29, 0.717) is 19.6 Å². The number of para-hydroxylation sites is 1. The molecule has 33 heavy (non-hydrogen) atoms. The quantitative estimate of drug-likeness (QED) is 0.449. The van der Waals surface area contributed by atoms with Crippen LogP contribution in [-0.2, 0) is 22.5 Å². The number of carbonyl (C=O) groups excluding carboxylic acids is 1. The molecule has 1 amide bonds. The number of piperidine rings is 1. The summed E-state index contributed by atoms with van der Waals surface area (Å²) in [7, 11) is 0. The third kappa shape index (κ3) is 5.89. The molecule has 0 unspecified atom stereocenters. The number of nitrogens with zero attached hydrogens (tertiary/aromatic N) is 2. The number of rotatable bonds is 9. The highest BCUT2D eigenvalue weighted by Crippen LogP contribution is 2.35. The Morgan fingerprint density at radius 2 is 1.39 bits per heavy atom. The molecule has 4 nitrogen and oxygen atoms in total. The monoisotopic (exact) mass is 442 g/mol. The maximum Gasteiger partial charge on any atom is 0.232 e. The van der Waals surface area contributed by atoms with E-state index in [2.05, 4.69) is 40.1 Å². The Morgan fingerprint density at radius 1 is 0.848 bits per heavy atom. The first kappa shape index (κ1) is 23.2. The maximum atomic E-state index is 13.8. The lowest BCUT2D eigenvalue weighted by molar-refractivity contribution is -0.120. The molecule has 0 radical (unpaired) electrons. The van der Waals surface area contributed by atoms with Gasteiger partial charge in [-0.1, -0.05) is 78.9 Å². The summed E-state index contributed by atoms with van der Waals surface area (Å²) in [6.07, 6.45) is 2.15. The van der Waals surface area contributed by atoms with Gasteiger partial charge in [0.25, 0.3) is 0 Å². The highest BCUT2D eigenvalue weighted by molar-refractivity contribution is 5.96. The van der Waals surface area contributed by atoms with Crippen molar-refractivity contribution in [2.24, 2.45) is 0 Å². The summed E-state index contributed by atoms with van der Waals surface area (Å²) in [5.74, 6) is 0.128. The van der Waals surface area contributed by atoms with Crippen molar-refractivity contribution in [3.63, 3.8) is 0 Å². The van der Waals surface area contributed by atoms with Crippen LogP contribution in [0.25, 0.3) is 0 Å². The van der Waals surface area contributed by atoms with E-state index in [1.807, 2.05) is 67.6 Å². The molecule has 0 atom stereocenters. The van der Waals surface area contributed by atoms with Gasteiger partial charge in [0, 0.05) is 31.9 Å². The van der Waals surface area contributed by atoms with Gasteiger partial charge in [-0.25, -0.2) is 0 Å². The Morgan fingerprint density at radius 3 is 1.97 bits per heavy atom. The number of hydrogen-bond donors (Lipinski definition) is 0. The van der Waals surface area contributed by atoms with Crippen molar-refractivity contribution in [2.75, 3.05) is 31.2 Å². The highest BCUT2D eigenvalue weighted by Gasteiger charge is 2.43. The first-order valence-electron chi connectivity index (χ1n) is 12.0. The molecule has 0 saturated carbocycles. The molecular weight excluding hydrogens is 408 g/mol. The van der Waals surface area contributed by atoms with Gasteiger partial charge in [-0.15, -0.1) is 0 Å². The Hall–Kier alpha value is -2.95. The van der Waals surface area contributed by atoms with Crippen LogP contribution < -0.4 is 4.90 Å². The number of amides is 1. The molecule has 0 N–H and O–H groups in total. The summed E-state index contributed by atoms with van der Waals surface area (Å²) in [5.41, 5.74) is 2.97. The second-order valence-corrected chi connectivity index (χ2v) is 8.85. The van der Waals surface area contributed by atoms with Crippen LogP contribution in [0.3, 0.4) is 0 Å². The van der Waals surface area contributed by atoms with Gasteiger partial charge in [0.1, 0.15) is 0 Å². The zero-order valence-corrected chi connectivity index (χ0v) is 19.5. The van der Waals surface area contributed by atoms with Crippen molar-refractivity contribution in [3.8, 4) is 0 Å². The van der Waals surface area contributed by atoms with Gasteiger partial charge in [0.15, 0.2) is 0 Å².